The summed E-state index contributed by atoms with van der Waals surface area (Å²) in [4.78, 5) is 0.317. The van der Waals surface area contributed by atoms with Gasteiger partial charge in [-0.15, -0.1) is 0 Å². The third kappa shape index (κ3) is 3.99. The Kier molecular flexibility index (Phi) is 4.59. The van der Waals surface area contributed by atoms with Crippen LogP contribution >= 0.6 is 11.6 Å². The van der Waals surface area contributed by atoms with Crippen LogP contribution in [0.1, 0.15) is 16.7 Å². The molecule has 0 spiro atoms. The standard InChI is InChI=1S/C16H18ClNO2S/c1-11-4-6-13(8-15(11)17)10-18-16-9-14(21(3,19)20)7-5-12(16)2/h4-9,18H,10H2,1-3H3. The molecule has 0 amide bonds. The van der Waals surface area contributed by atoms with Crippen LogP contribution in [0.15, 0.2) is 41.3 Å². The molecule has 0 aliphatic rings. The van der Waals surface area contributed by atoms with E-state index in [0.29, 0.717) is 11.4 Å². The molecule has 2 rings (SSSR count). The quantitative estimate of drug-likeness (QED) is 0.926. The van der Waals surface area contributed by atoms with Crippen LogP contribution in [0, 0.1) is 13.8 Å². The van der Waals surface area contributed by atoms with Gasteiger partial charge in [-0.25, -0.2) is 8.42 Å². The normalized spacial score (nSPS) is 11.4. The predicted octanol–water partition coefficient (Wildman–Crippen LogP) is 3.97. The highest BCUT2D eigenvalue weighted by Gasteiger charge is 2.09. The summed E-state index contributed by atoms with van der Waals surface area (Å²) in [5.41, 5.74) is 3.90. The van der Waals surface area contributed by atoms with Crippen molar-refractivity contribution in [2.24, 2.45) is 0 Å². The minimum atomic E-state index is -3.20. The van der Waals surface area contributed by atoms with Gasteiger partial charge in [0, 0.05) is 23.5 Å². The summed E-state index contributed by atoms with van der Waals surface area (Å²) < 4.78 is 23.2. The van der Waals surface area contributed by atoms with Gasteiger partial charge in [0.15, 0.2) is 9.84 Å². The van der Waals surface area contributed by atoms with E-state index in [4.69, 9.17) is 11.6 Å². The smallest absolute Gasteiger partial charge is 0.175 e. The number of benzene rings is 2. The number of anilines is 1. The molecule has 0 aliphatic heterocycles. The lowest BCUT2D eigenvalue weighted by atomic mass is 10.1. The first kappa shape index (κ1) is 15.9. The van der Waals surface area contributed by atoms with E-state index in [2.05, 4.69) is 5.32 Å². The second-order valence-corrected chi connectivity index (χ2v) is 7.61. The fourth-order valence-corrected chi connectivity index (χ4v) is 2.82. The SMILES string of the molecule is Cc1ccc(CNc2cc(S(C)(=O)=O)ccc2C)cc1Cl. The van der Waals surface area contributed by atoms with Crippen molar-refractivity contribution < 1.29 is 8.42 Å². The second kappa shape index (κ2) is 6.08. The Morgan fingerprint density at radius 3 is 2.33 bits per heavy atom. The summed E-state index contributed by atoms with van der Waals surface area (Å²) in [6.45, 7) is 4.49. The van der Waals surface area contributed by atoms with E-state index in [1.54, 1.807) is 18.2 Å². The molecule has 0 unspecified atom stereocenters. The fraction of sp³-hybridized carbons (Fsp3) is 0.250. The van der Waals surface area contributed by atoms with Crippen LogP contribution in [0.4, 0.5) is 5.69 Å². The van der Waals surface area contributed by atoms with Crippen molar-refractivity contribution in [2.75, 3.05) is 11.6 Å². The molecule has 0 saturated heterocycles. The number of nitrogens with one attached hydrogen (secondary N) is 1. The Hall–Kier alpha value is -1.52. The first-order chi connectivity index (χ1) is 9.77. The third-order valence-electron chi connectivity index (χ3n) is 3.36. The van der Waals surface area contributed by atoms with E-state index in [0.717, 1.165) is 27.4 Å². The Balaban J connectivity index is 2.21. The molecule has 0 atom stereocenters. The lowest BCUT2D eigenvalue weighted by Gasteiger charge is -2.12. The van der Waals surface area contributed by atoms with Crippen molar-refractivity contribution in [1.82, 2.24) is 0 Å². The molecule has 21 heavy (non-hydrogen) atoms. The number of aryl methyl sites for hydroxylation is 2. The Labute approximate surface area is 130 Å². The molecule has 112 valence electrons. The molecule has 0 aromatic heterocycles. The fourth-order valence-electron chi connectivity index (χ4n) is 1.97. The van der Waals surface area contributed by atoms with E-state index in [1.165, 1.54) is 6.26 Å². The molecule has 2 aromatic carbocycles. The number of halogens is 1. The van der Waals surface area contributed by atoms with Crippen LogP contribution in [-0.4, -0.2) is 14.7 Å². The summed E-state index contributed by atoms with van der Waals surface area (Å²) >= 11 is 6.10. The molecule has 0 bridgehead atoms. The molecule has 0 heterocycles. The molecular weight excluding hydrogens is 306 g/mol. The summed E-state index contributed by atoms with van der Waals surface area (Å²) in [7, 11) is -3.20. The summed E-state index contributed by atoms with van der Waals surface area (Å²) in [6.07, 6.45) is 1.21. The molecule has 0 aliphatic carbocycles. The van der Waals surface area contributed by atoms with Crippen LogP contribution in [-0.2, 0) is 16.4 Å². The zero-order valence-corrected chi connectivity index (χ0v) is 13.8. The first-order valence-electron chi connectivity index (χ1n) is 6.57. The van der Waals surface area contributed by atoms with Crippen molar-refractivity contribution >= 4 is 27.1 Å². The Morgan fingerprint density at radius 1 is 1.05 bits per heavy atom. The van der Waals surface area contributed by atoms with Gasteiger partial charge in [-0.05, 0) is 48.7 Å². The van der Waals surface area contributed by atoms with Gasteiger partial charge in [0.05, 0.1) is 4.90 Å². The van der Waals surface area contributed by atoms with Crippen molar-refractivity contribution in [1.29, 1.82) is 0 Å². The zero-order chi connectivity index (χ0) is 15.6. The third-order valence-corrected chi connectivity index (χ3v) is 4.87. The monoisotopic (exact) mass is 323 g/mol. The molecule has 5 heteroatoms. The Bertz CT molecular complexity index is 770. The van der Waals surface area contributed by atoms with Gasteiger partial charge in [-0.1, -0.05) is 29.8 Å². The van der Waals surface area contributed by atoms with Gasteiger partial charge >= 0.3 is 0 Å². The minimum absolute atomic E-state index is 0.317. The van der Waals surface area contributed by atoms with Crippen molar-refractivity contribution in [2.45, 2.75) is 25.3 Å². The summed E-state index contributed by atoms with van der Waals surface area (Å²) in [5.74, 6) is 0. The van der Waals surface area contributed by atoms with Crippen LogP contribution in [0.25, 0.3) is 0 Å². The van der Waals surface area contributed by atoms with Gasteiger partial charge < -0.3 is 5.32 Å². The first-order valence-corrected chi connectivity index (χ1v) is 8.84. The van der Waals surface area contributed by atoms with E-state index >= 15 is 0 Å². The highest BCUT2D eigenvalue weighted by molar-refractivity contribution is 7.90. The lowest BCUT2D eigenvalue weighted by Crippen LogP contribution is -2.04. The van der Waals surface area contributed by atoms with Crippen molar-refractivity contribution in [3.8, 4) is 0 Å². The van der Waals surface area contributed by atoms with E-state index < -0.39 is 9.84 Å². The lowest BCUT2D eigenvalue weighted by molar-refractivity contribution is 0.602. The van der Waals surface area contributed by atoms with E-state index in [-0.39, 0.29) is 0 Å². The average molecular weight is 324 g/mol. The molecule has 0 saturated carbocycles. The van der Waals surface area contributed by atoms with Crippen LogP contribution in [0.3, 0.4) is 0 Å². The van der Waals surface area contributed by atoms with Gasteiger partial charge in [0.25, 0.3) is 0 Å². The second-order valence-electron chi connectivity index (χ2n) is 5.19. The van der Waals surface area contributed by atoms with Gasteiger partial charge in [-0.2, -0.15) is 0 Å². The Morgan fingerprint density at radius 2 is 1.71 bits per heavy atom. The largest absolute Gasteiger partial charge is 0.381 e. The van der Waals surface area contributed by atoms with Gasteiger partial charge in [0.2, 0.25) is 0 Å². The summed E-state index contributed by atoms with van der Waals surface area (Å²) in [6, 6.07) is 11.0. The van der Waals surface area contributed by atoms with E-state index in [1.807, 2.05) is 32.0 Å². The maximum Gasteiger partial charge on any atom is 0.175 e. The average Bonchev–Trinajstić information content (AvgIpc) is 2.40. The molecular formula is C16H18ClNO2S. The molecule has 0 radical (unpaired) electrons. The highest BCUT2D eigenvalue weighted by atomic mass is 35.5. The van der Waals surface area contributed by atoms with Gasteiger partial charge in [-0.3, -0.25) is 0 Å². The molecule has 3 nitrogen and oxygen atoms in total. The van der Waals surface area contributed by atoms with E-state index in [9.17, 15) is 8.42 Å². The topological polar surface area (TPSA) is 46.2 Å². The molecule has 0 fully saturated rings. The van der Waals surface area contributed by atoms with Gasteiger partial charge in [0.1, 0.15) is 0 Å². The number of hydrogen-bond acceptors (Lipinski definition) is 3. The zero-order valence-electron chi connectivity index (χ0n) is 12.3. The number of hydrogen-bond donors (Lipinski definition) is 1. The number of sulfone groups is 1. The van der Waals surface area contributed by atoms with Crippen molar-refractivity contribution in [3.63, 3.8) is 0 Å². The van der Waals surface area contributed by atoms with Crippen LogP contribution < -0.4 is 5.32 Å². The highest BCUT2D eigenvalue weighted by Crippen LogP contribution is 2.22. The molecule has 1 N–H and O–H groups in total. The minimum Gasteiger partial charge on any atom is -0.381 e. The van der Waals surface area contributed by atoms with Crippen LogP contribution in [0.2, 0.25) is 5.02 Å². The molecule has 2 aromatic rings. The summed E-state index contributed by atoms with van der Waals surface area (Å²) in [5, 5.41) is 4.00. The van der Waals surface area contributed by atoms with Crippen LogP contribution in [0.5, 0.6) is 0 Å². The van der Waals surface area contributed by atoms with Crippen molar-refractivity contribution in [3.05, 3.63) is 58.1 Å². The maximum atomic E-state index is 11.6. The number of rotatable bonds is 4. The maximum absolute atomic E-state index is 11.6. The predicted molar refractivity (Wildman–Crippen MR) is 87.8 cm³/mol.